The van der Waals surface area contributed by atoms with E-state index in [1.54, 1.807) is 13.8 Å². The molecule has 0 aliphatic rings. The molecule has 0 aliphatic heterocycles. The van der Waals surface area contributed by atoms with Gasteiger partial charge in [0.05, 0.1) is 10.6 Å². The van der Waals surface area contributed by atoms with Crippen molar-refractivity contribution < 1.29 is 0 Å². The lowest BCUT2D eigenvalue weighted by atomic mass is 10.2. The van der Waals surface area contributed by atoms with Gasteiger partial charge in [-0.25, -0.2) is 0 Å². The topological polar surface area (TPSA) is 105 Å². The van der Waals surface area contributed by atoms with E-state index in [1.807, 2.05) is 6.07 Å². The van der Waals surface area contributed by atoms with E-state index in [9.17, 15) is 4.79 Å². The van der Waals surface area contributed by atoms with Crippen LogP contribution < -0.4 is 5.56 Å². The summed E-state index contributed by atoms with van der Waals surface area (Å²) in [6.45, 7) is 3.33. The average molecular weight is 284 g/mol. The molecule has 0 fully saturated rings. The highest BCUT2D eigenvalue weighted by molar-refractivity contribution is 8.00. The van der Waals surface area contributed by atoms with Crippen molar-refractivity contribution in [3.63, 3.8) is 0 Å². The highest BCUT2D eigenvalue weighted by Crippen LogP contribution is 2.24. The van der Waals surface area contributed by atoms with Crippen molar-refractivity contribution in [2.75, 3.05) is 5.75 Å². The quantitative estimate of drug-likeness (QED) is 0.384. The third-order valence-corrected chi connectivity index (χ3v) is 3.73. The second-order valence-corrected chi connectivity index (χ2v) is 4.80. The van der Waals surface area contributed by atoms with Gasteiger partial charge < -0.3 is 4.98 Å². The molecule has 8 heteroatoms. The van der Waals surface area contributed by atoms with Crippen LogP contribution in [-0.2, 0) is 0 Å². The summed E-state index contributed by atoms with van der Waals surface area (Å²) in [6, 6.07) is 2.01. The first-order valence-electron chi connectivity index (χ1n) is 4.86. The van der Waals surface area contributed by atoms with Crippen molar-refractivity contribution in [1.82, 2.24) is 4.98 Å². The van der Waals surface area contributed by atoms with Crippen LogP contribution in [0.2, 0.25) is 5.02 Å². The molecule has 0 spiro atoms. The predicted molar refractivity (Wildman–Crippen MR) is 70.5 cm³/mol. The Morgan fingerprint density at radius 1 is 1.67 bits per heavy atom. The van der Waals surface area contributed by atoms with Gasteiger partial charge >= 0.3 is 0 Å². The largest absolute Gasteiger partial charge is 0.315 e. The van der Waals surface area contributed by atoms with Crippen molar-refractivity contribution in [2.45, 2.75) is 18.9 Å². The standard InChI is InChI=1S/C10H10ClN5OS/c1-5(15-16-13)4-18-10-7(3-12)6(2)8(11)9(17)14-10/h13H,4H2,1-2H3,(H,14,17)/b15-5+,16-13?. The minimum Gasteiger partial charge on any atom is -0.315 e. The number of nitrogens with one attached hydrogen (secondary N) is 2. The lowest BCUT2D eigenvalue weighted by molar-refractivity contribution is 0.986. The van der Waals surface area contributed by atoms with E-state index in [0.717, 1.165) is 0 Å². The Bertz CT molecular complexity index is 602. The third kappa shape index (κ3) is 3.18. The summed E-state index contributed by atoms with van der Waals surface area (Å²) < 4.78 is 0. The molecule has 0 saturated carbocycles. The molecular weight excluding hydrogens is 274 g/mol. The van der Waals surface area contributed by atoms with Crippen LogP contribution in [0, 0.1) is 23.8 Å². The maximum Gasteiger partial charge on any atom is 0.267 e. The van der Waals surface area contributed by atoms with Crippen LogP contribution in [-0.4, -0.2) is 16.4 Å². The molecule has 1 heterocycles. The SMILES string of the molecule is C/C(CSc1[nH]c(=O)c(Cl)c(C)c1C#N)=N\N=N. The molecule has 0 unspecified atom stereocenters. The van der Waals surface area contributed by atoms with Gasteiger partial charge in [0.1, 0.15) is 11.1 Å². The highest BCUT2D eigenvalue weighted by Gasteiger charge is 2.13. The van der Waals surface area contributed by atoms with E-state index in [2.05, 4.69) is 15.3 Å². The van der Waals surface area contributed by atoms with Gasteiger partial charge in [-0.3, -0.25) is 4.79 Å². The normalized spacial score (nSPS) is 11.1. The molecule has 2 N–H and O–H groups in total. The monoisotopic (exact) mass is 283 g/mol. The van der Waals surface area contributed by atoms with Crippen LogP contribution >= 0.6 is 23.4 Å². The van der Waals surface area contributed by atoms with Crippen LogP contribution in [0.4, 0.5) is 0 Å². The molecule has 94 valence electrons. The molecule has 0 saturated heterocycles. The number of aromatic amines is 1. The molecule has 0 radical (unpaired) electrons. The fraction of sp³-hybridized carbons (Fsp3) is 0.300. The number of H-pyrrole nitrogens is 1. The number of nitriles is 1. The number of hydrogen-bond acceptors (Lipinski definition) is 5. The molecule has 0 bridgehead atoms. The van der Waals surface area contributed by atoms with Gasteiger partial charge in [0.25, 0.3) is 5.56 Å². The van der Waals surface area contributed by atoms with Crippen molar-refractivity contribution in [1.29, 1.82) is 10.8 Å². The van der Waals surface area contributed by atoms with Crippen LogP contribution in [0.5, 0.6) is 0 Å². The van der Waals surface area contributed by atoms with Gasteiger partial charge in [0, 0.05) is 11.5 Å². The lowest BCUT2D eigenvalue weighted by Gasteiger charge is -2.06. The maximum atomic E-state index is 11.5. The first kappa shape index (κ1) is 14.4. The highest BCUT2D eigenvalue weighted by atomic mass is 35.5. The number of thioether (sulfide) groups is 1. The van der Waals surface area contributed by atoms with Crippen LogP contribution in [0.15, 0.2) is 20.1 Å². The van der Waals surface area contributed by atoms with Gasteiger partial charge in [-0.2, -0.15) is 10.8 Å². The van der Waals surface area contributed by atoms with E-state index in [-0.39, 0.29) is 5.02 Å². The fourth-order valence-corrected chi connectivity index (χ4v) is 2.27. The Morgan fingerprint density at radius 3 is 2.89 bits per heavy atom. The zero-order chi connectivity index (χ0) is 13.7. The third-order valence-electron chi connectivity index (χ3n) is 2.12. The maximum absolute atomic E-state index is 11.5. The second kappa shape index (κ2) is 6.33. The van der Waals surface area contributed by atoms with Crippen LogP contribution in [0.1, 0.15) is 18.1 Å². The van der Waals surface area contributed by atoms with Gasteiger partial charge in [-0.1, -0.05) is 16.8 Å². The minimum absolute atomic E-state index is 0.0300. The van der Waals surface area contributed by atoms with E-state index in [1.165, 1.54) is 11.8 Å². The molecule has 18 heavy (non-hydrogen) atoms. The summed E-state index contributed by atoms with van der Waals surface area (Å²) in [6.07, 6.45) is 0. The number of nitrogens with zero attached hydrogens (tertiary/aromatic N) is 3. The first-order valence-corrected chi connectivity index (χ1v) is 6.22. The van der Waals surface area contributed by atoms with Crippen molar-refractivity contribution in [2.24, 2.45) is 10.3 Å². The van der Waals surface area contributed by atoms with E-state index in [4.69, 9.17) is 22.4 Å². The zero-order valence-electron chi connectivity index (χ0n) is 9.74. The number of pyridine rings is 1. The van der Waals surface area contributed by atoms with E-state index >= 15 is 0 Å². The number of hydrogen-bond donors (Lipinski definition) is 2. The second-order valence-electron chi connectivity index (χ2n) is 3.43. The molecule has 0 aromatic carbocycles. The molecular formula is C10H10ClN5OS. The fourth-order valence-electron chi connectivity index (χ4n) is 1.20. The van der Waals surface area contributed by atoms with Crippen molar-refractivity contribution >= 4 is 29.1 Å². The Labute approximate surface area is 113 Å². The van der Waals surface area contributed by atoms with Crippen molar-refractivity contribution in [3.05, 3.63) is 26.5 Å². The van der Waals surface area contributed by atoms with E-state index in [0.29, 0.717) is 27.6 Å². The molecule has 0 aliphatic carbocycles. The number of halogens is 1. The molecule has 1 rings (SSSR count). The summed E-state index contributed by atoms with van der Waals surface area (Å²) in [5, 5.41) is 16.0. The van der Waals surface area contributed by atoms with Crippen molar-refractivity contribution in [3.8, 4) is 6.07 Å². The predicted octanol–water partition coefficient (Wildman–Crippen LogP) is 2.71. The Balaban J connectivity index is 3.11. The van der Waals surface area contributed by atoms with E-state index < -0.39 is 5.56 Å². The summed E-state index contributed by atoms with van der Waals surface area (Å²) in [5.74, 6) is 0.425. The minimum atomic E-state index is -0.421. The lowest BCUT2D eigenvalue weighted by Crippen LogP contribution is -2.12. The molecule has 1 aromatic heterocycles. The number of rotatable bonds is 4. The summed E-state index contributed by atoms with van der Waals surface area (Å²) in [4.78, 5) is 14.1. The van der Waals surface area contributed by atoms with Gasteiger partial charge in [-0.05, 0) is 19.4 Å². The Hall–Kier alpha value is -1.65. The van der Waals surface area contributed by atoms with Crippen LogP contribution in [0.3, 0.4) is 0 Å². The van der Waals surface area contributed by atoms with Crippen LogP contribution in [0.25, 0.3) is 0 Å². The summed E-state index contributed by atoms with van der Waals surface area (Å²) >= 11 is 7.02. The molecule has 1 aromatic rings. The Kier molecular flexibility index (Phi) is 5.07. The zero-order valence-corrected chi connectivity index (χ0v) is 11.3. The smallest absolute Gasteiger partial charge is 0.267 e. The van der Waals surface area contributed by atoms with Gasteiger partial charge in [-0.15, -0.1) is 16.9 Å². The average Bonchev–Trinajstić information content (AvgIpc) is 2.34. The van der Waals surface area contributed by atoms with Gasteiger partial charge in [0.2, 0.25) is 0 Å². The first-order chi connectivity index (χ1) is 8.51. The summed E-state index contributed by atoms with van der Waals surface area (Å²) in [7, 11) is 0. The molecule has 6 nitrogen and oxygen atoms in total. The molecule has 0 amide bonds. The van der Waals surface area contributed by atoms with Gasteiger partial charge in [0.15, 0.2) is 0 Å². The molecule has 0 atom stereocenters. The number of aromatic nitrogens is 1. The summed E-state index contributed by atoms with van der Waals surface area (Å²) in [5.41, 5.74) is 7.60. The Morgan fingerprint density at radius 2 is 2.33 bits per heavy atom.